The molecule has 0 bridgehead atoms. The average molecular weight is 256 g/mol. The number of rotatable bonds is 4. The molecule has 1 aromatic rings. The van der Waals surface area contributed by atoms with Crippen LogP contribution in [0.15, 0.2) is 11.4 Å². The molecule has 1 rings (SSSR count). The van der Waals surface area contributed by atoms with Crippen molar-refractivity contribution in [1.82, 2.24) is 5.32 Å². The first kappa shape index (κ1) is 13.2. The molecule has 1 heterocycles. The summed E-state index contributed by atoms with van der Waals surface area (Å²) in [6, 6.07) is 1.62. The fraction of sp³-hybridized carbons (Fsp3) is 0.300. The fourth-order valence-electron chi connectivity index (χ4n) is 1.08. The monoisotopic (exact) mass is 256 g/mol. The van der Waals surface area contributed by atoms with Gasteiger partial charge in [-0.05, 0) is 11.4 Å². The molecule has 0 radical (unpaired) electrons. The standard InChI is InChI=1S/C10H12N2O4S/c1-6(13)12-7-3-4-17-9(7)10(15)11-5-8(14)16-2/h3-4H,5H2,1-2H3,(H,11,15)(H,12,13). The van der Waals surface area contributed by atoms with Crippen molar-refractivity contribution in [3.05, 3.63) is 16.3 Å². The van der Waals surface area contributed by atoms with Crippen LogP contribution in [0.25, 0.3) is 0 Å². The third-order valence-corrected chi connectivity index (χ3v) is 2.72. The van der Waals surface area contributed by atoms with E-state index in [4.69, 9.17) is 0 Å². The zero-order valence-corrected chi connectivity index (χ0v) is 10.2. The van der Waals surface area contributed by atoms with Crippen LogP contribution in [0.1, 0.15) is 16.6 Å². The fourth-order valence-corrected chi connectivity index (χ4v) is 1.84. The van der Waals surface area contributed by atoms with Crippen LogP contribution >= 0.6 is 11.3 Å². The van der Waals surface area contributed by atoms with Crippen molar-refractivity contribution in [2.75, 3.05) is 19.0 Å². The number of anilines is 1. The van der Waals surface area contributed by atoms with Gasteiger partial charge in [0.1, 0.15) is 11.4 Å². The molecule has 7 heteroatoms. The molecule has 0 unspecified atom stereocenters. The first-order chi connectivity index (χ1) is 8.04. The number of ether oxygens (including phenoxy) is 1. The molecule has 0 spiro atoms. The van der Waals surface area contributed by atoms with Gasteiger partial charge in [0.05, 0.1) is 12.8 Å². The zero-order valence-electron chi connectivity index (χ0n) is 9.40. The highest BCUT2D eigenvalue weighted by Gasteiger charge is 2.14. The van der Waals surface area contributed by atoms with E-state index in [1.165, 1.54) is 25.4 Å². The molecule has 0 atom stereocenters. The minimum atomic E-state index is -0.531. The Balaban J connectivity index is 2.65. The Morgan fingerprint density at radius 2 is 2.12 bits per heavy atom. The van der Waals surface area contributed by atoms with Gasteiger partial charge in [0.2, 0.25) is 5.91 Å². The summed E-state index contributed by atoms with van der Waals surface area (Å²) >= 11 is 1.18. The topological polar surface area (TPSA) is 84.5 Å². The highest BCUT2D eigenvalue weighted by molar-refractivity contribution is 7.12. The highest BCUT2D eigenvalue weighted by atomic mass is 32.1. The number of carbonyl (C=O) groups excluding carboxylic acids is 3. The molecule has 6 nitrogen and oxygen atoms in total. The van der Waals surface area contributed by atoms with Crippen molar-refractivity contribution in [2.45, 2.75) is 6.92 Å². The maximum absolute atomic E-state index is 11.7. The van der Waals surface area contributed by atoms with E-state index in [0.29, 0.717) is 10.6 Å². The number of amides is 2. The Bertz CT molecular complexity index is 441. The van der Waals surface area contributed by atoms with E-state index in [9.17, 15) is 14.4 Å². The van der Waals surface area contributed by atoms with Crippen LogP contribution < -0.4 is 10.6 Å². The van der Waals surface area contributed by atoms with Gasteiger partial charge in [-0.2, -0.15) is 0 Å². The summed E-state index contributed by atoms with van der Waals surface area (Å²) in [5.41, 5.74) is 0.435. The second-order valence-electron chi connectivity index (χ2n) is 3.10. The van der Waals surface area contributed by atoms with Crippen LogP contribution in [-0.4, -0.2) is 31.4 Å². The van der Waals surface area contributed by atoms with Crippen molar-refractivity contribution >= 4 is 34.8 Å². The lowest BCUT2D eigenvalue weighted by Gasteiger charge is -2.05. The number of thiophene rings is 1. The van der Waals surface area contributed by atoms with Gasteiger partial charge in [-0.3, -0.25) is 14.4 Å². The SMILES string of the molecule is COC(=O)CNC(=O)c1sccc1NC(C)=O. The Kier molecular flexibility index (Phi) is 4.65. The number of esters is 1. The van der Waals surface area contributed by atoms with Gasteiger partial charge in [-0.15, -0.1) is 11.3 Å². The third kappa shape index (κ3) is 3.87. The molecule has 2 N–H and O–H groups in total. The van der Waals surface area contributed by atoms with Crippen LogP contribution in [0, 0.1) is 0 Å². The molecule has 0 aromatic carbocycles. The molecular weight excluding hydrogens is 244 g/mol. The summed E-state index contributed by atoms with van der Waals surface area (Å²) in [5, 5.41) is 6.60. The van der Waals surface area contributed by atoms with Gasteiger partial charge in [0.25, 0.3) is 5.91 Å². The van der Waals surface area contributed by atoms with Crippen LogP contribution in [-0.2, 0) is 14.3 Å². The summed E-state index contributed by atoms with van der Waals surface area (Å²) in [4.78, 5) is 33.8. The van der Waals surface area contributed by atoms with Crippen LogP contribution in [0.5, 0.6) is 0 Å². The van der Waals surface area contributed by atoms with E-state index < -0.39 is 11.9 Å². The zero-order chi connectivity index (χ0) is 12.8. The molecule has 0 aliphatic carbocycles. The summed E-state index contributed by atoms with van der Waals surface area (Å²) in [7, 11) is 1.24. The largest absolute Gasteiger partial charge is 0.468 e. The highest BCUT2D eigenvalue weighted by Crippen LogP contribution is 2.21. The maximum atomic E-state index is 11.7. The predicted octanol–water partition coefficient (Wildman–Crippen LogP) is 0.609. The molecule has 0 aliphatic rings. The Morgan fingerprint density at radius 3 is 2.71 bits per heavy atom. The van der Waals surface area contributed by atoms with Gasteiger partial charge < -0.3 is 15.4 Å². The quantitative estimate of drug-likeness (QED) is 0.773. The number of carbonyl (C=O) groups is 3. The second kappa shape index (κ2) is 6.00. The lowest BCUT2D eigenvalue weighted by Crippen LogP contribution is -2.30. The molecule has 17 heavy (non-hydrogen) atoms. The predicted molar refractivity (Wildman–Crippen MR) is 63.0 cm³/mol. The maximum Gasteiger partial charge on any atom is 0.325 e. The summed E-state index contributed by atoms with van der Waals surface area (Å²) in [6.45, 7) is 1.15. The lowest BCUT2D eigenvalue weighted by molar-refractivity contribution is -0.139. The van der Waals surface area contributed by atoms with Gasteiger partial charge in [-0.25, -0.2) is 0 Å². The average Bonchev–Trinajstić information content (AvgIpc) is 2.72. The summed E-state index contributed by atoms with van der Waals surface area (Å²) in [5.74, 6) is -1.21. The molecule has 0 saturated heterocycles. The van der Waals surface area contributed by atoms with Gasteiger partial charge in [-0.1, -0.05) is 0 Å². The summed E-state index contributed by atoms with van der Waals surface area (Å²) < 4.78 is 4.39. The van der Waals surface area contributed by atoms with Crippen LogP contribution in [0.4, 0.5) is 5.69 Å². The first-order valence-corrected chi connectivity index (χ1v) is 5.62. The molecule has 92 valence electrons. The van der Waals surface area contributed by atoms with Crippen LogP contribution in [0.2, 0.25) is 0 Å². The van der Waals surface area contributed by atoms with Gasteiger partial charge >= 0.3 is 5.97 Å². The summed E-state index contributed by atoms with van der Waals surface area (Å²) in [6.07, 6.45) is 0. The van der Waals surface area contributed by atoms with Crippen molar-refractivity contribution < 1.29 is 19.1 Å². The number of hydrogen-bond donors (Lipinski definition) is 2. The van der Waals surface area contributed by atoms with Crippen molar-refractivity contribution in [2.24, 2.45) is 0 Å². The van der Waals surface area contributed by atoms with E-state index in [0.717, 1.165) is 0 Å². The molecule has 0 fully saturated rings. The molecule has 0 saturated carbocycles. The van der Waals surface area contributed by atoms with E-state index >= 15 is 0 Å². The van der Waals surface area contributed by atoms with Gasteiger partial charge in [0, 0.05) is 6.92 Å². The number of hydrogen-bond acceptors (Lipinski definition) is 5. The van der Waals surface area contributed by atoms with E-state index in [1.54, 1.807) is 11.4 Å². The molecule has 2 amide bonds. The number of methoxy groups -OCH3 is 1. The smallest absolute Gasteiger partial charge is 0.325 e. The van der Waals surface area contributed by atoms with Crippen molar-refractivity contribution in [3.63, 3.8) is 0 Å². The molecular formula is C10H12N2O4S. The van der Waals surface area contributed by atoms with E-state index in [-0.39, 0.29) is 12.5 Å². The Morgan fingerprint density at radius 1 is 1.41 bits per heavy atom. The van der Waals surface area contributed by atoms with Crippen LogP contribution in [0.3, 0.4) is 0 Å². The van der Waals surface area contributed by atoms with Crippen molar-refractivity contribution in [1.29, 1.82) is 0 Å². The normalized spacial score (nSPS) is 9.53. The van der Waals surface area contributed by atoms with Gasteiger partial charge in [0.15, 0.2) is 0 Å². The number of nitrogens with one attached hydrogen (secondary N) is 2. The Hall–Kier alpha value is -1.89. The van der Waals surface area contributed by atoms with Crippen molar-refractivity contribution in [3.8, 4) is 0 Å². The lowest BCUT2D eigenvalue weighted by atomic mass is 10.3. The second-order valence-corrected chi connectivity index (χ2v) is 4.02. The van der Waals surface area contributed by atoms with E-state index in [1.807, 2.05) is 0 Å². The molecule has 1 aromatic heterocycles. The Labute approximate surface area is 102 Å². The van der Waals surface area contributed by atoms with E-state index in [2.05, 4.69) is 15.4 Å². The first-order valence-electron chi connectivity index (χ1n) is 4.74. The third-order valence-electron chi connectivity index (χ3n) is 1.80. The minimum absolute atomic E-state index is 0.202. The molecule has 0 aliphatic heterocycles. The minimum Gasteiger partial charge on any atom is -0.468 e.